The third kappa shape index (κ3) is 2.58. The highest BCUT2D eigenvalue weighted by atomic mass is 32.1. The van der Waals surface area contributed by atoms with E-state index in [0.717, 1.165) is 34.8 Å². The molecule has 1 aromatic rings. The molecule has 0 spiro atoms. The normalized spacial score (nSPS) is 20.1. The summed E-state index contributed by atoms with van der Waals surface area (Å²) in [5.41, 5.74) is 2.17. The van der Waals surface area contributed by atoms with Crippen LogP contribution in [-0.4, -0.2) is 23.2 Å². The number of aliphatic hydroxyl groups excluding tert-OH is 1. The number of nitrogens with zero attached hydrogens (tertiary/aromatic N) is 1. The summed E-state index contributed by atoms with van der Waals surface area (Å²) < 4.78 is 0. The molecule has 1 aromatic heterocycles. The van der Waals surface area contributed by atoms with Gasteiger partial charge in [0.05, 0.1) is 10.6 Å². The van der Waals surface area contributed by atoms with Crippen molar-refractivity contribution in [3.05, 3.63) is 28.2 Å². The Bertz CT molecular complexity index is 462. The molecule has 0 radical (unpaired) electrons. The molecule has 0 amide bonds. The molecule has 0 aliphatic heterocycles. The van der Waals surface area contributed by atoms with Crippen molar-refractivity contribution in [3.63, 3.8) is 0 Å². The number of rotatable bonds is 3. The van der Waals surface area contributed by atoms with Gasteiger partial charge in [0.25, 0.3) is 0 Å². The van der Waals surface area contributed by atoms with Crippen molar-refractivity contribution in [1.29, 1.82) is 0 Å². The molecule has 0 saturated carbocycles. The van der Waals surface area contributed by atoms with Crippen LogP contribution >= 0.6 is 11.3 Å². The minimum atomic E-state index is 0.121. The van der Waals surface area contributed by atoms with Crippen LogP contribution in [0.1, 0.15) is 34.8 Å². The number of hydrogen-bond donors (Lipinski definition) is 2. The summed E-state index contributed by atoms with van der Waals surface area (Å²) in [6, 6.07) is 0.590. The first-order valence-electron chi connectivity index (χ1n) is 5.84. The molecule has 2 N–H and O–H groups in total. The van der Waals surface area contributed by atoms with E-state index in [-0.39, 0.29) is 5.76 Å². The van der Waals surface area contributed by atoms with Gasteiger partial charge in [0, 0.05) is 6.04 Å². The lowest BCUT2D eigenvalue weighted by atomic mass is 9.96. The second-order valence-corrected chi connectivity index (χ2v) is 5.37. The van der Waals surface area contributed by atoms with Crippen LogP contribution in [0.5, 0.6) is 0 Å². The fourth-order valence-corrected chi connectivity index (χ4v) is 3.10. The fraction of sp³-hybridized carbons (Fsp3) is 0.462. The van der Waals surface area contributed by atoms with Crippen LogP contribution in [0.3, 0.4) is 0 Å². The van der Waals surface area contributed by atoms with Crippen molar-refractivity contribution >= 4 is 22.7 Å². The largest absolute Gasteiger partial charge is 0.507 e. The minimum Gasteiger partial charge on any atom is -0.507 e. The topological polar surface area (TPSA) is 45.1 Å². The molecule has 17 heavy (non-hydrogen) atoms. The molecule has 3 nitrogen and oxygen atoms in total. The minimum absolute atomic E-state index is 0.121. The lowest BCUT2D eigenvalue weighted by molar-refractivity contribution is 0.515. The Morgan fingerprint density at radius 3 is 2.88 bits per heavy atom. The number of nitrogens with one attached hydrogen (secondary N) is 1. The van der Waals surface area contributed by atoms with E-state index in [4.69, 9.17) is 0 Å². The maximum atomic E-state index is 9.44. The van der Waals surface area contributed by atoms with Crippen LogP contribution in [0.15, 0.2) is 12.7 Å². The van der Waals surface area contributed by atoms with Gasteiger partial charge in [-0.05, 0) is 38.8 Å². The van der Waals surface area contributed by atoms with Gasteiger partial charge in [-0.25, -0.2) is 4.98 Å². The Kier molecular flexibility index (Phi) is 3.64. The van der Waals surface area contributed by atoms with E-state index < -0.39 is 0 Å². The number of aryl methyl sites for hydroxylation is 1. The summed E-state index contributed by atoms with van der Waals surface area (Å²) >= 11 is 1.53. The highest BCUT2D eigenvalue weighted by Gasteiger charge is 2.18. The Labute approximate surface area is 106 Å². The van der Waals surface area contributed by atoms with Crippen LogP contribution in [0.25, 0.3) is 11.3 Å². The number of thiazole rings is 1. The molecule has 0 aromatic carbocycles. The van der Waals surface area contributed by atoms with Gasteiger partial charge in [-0.2, -0.15) is 0 Å². The molecule has 1 aliphatic carbocycles. The van der Waals surface area contributed by atoms with Gasteiger partial charge in [0.2, 0.25) is 0 Å². The molecule has 1 aliphatic rings. The zero-order valence-electron chi connectivity index (χ0n) is 10.3. The predicted molar refractivity (Wildman–Crippen MR) is 73.2 cm³/mol. The average Bonchev–Trinajstić information content (AvgIpc) is 2.71. The Balaban J connectivity index is 2.21. The van der Waals surface area contributed by atoms with E-state index in [2.05, 4.69) is 23.0 Å². The second kappa shape index (κ2) is 5.02. The van der Waals surface area contributed by atoms with E-state index >= 15 is 0 Å². The quantitative estimate of drug-likeness (QED) is 0.810. The number of allylic oxidation sites excluding steroid dienone is 1. The predicted octanol–water partition coefficient (Wildman–Crippen LogP) is 3.14. The summed E-state index contributed by atoms with van der Waals surface area (Å²) in [5.74, 6) is 0.121. The number of aromatic nitrogens is 1. The maximum Gasteiger partial charge on any atom is 0.127 e. The van der Waals surface area contributed by atoms with Gasteiger partial charge >= 0.3 is 0 Å². The Hall–Kier alpha value is -1.13. The SMILES string of the molecule is C=C(O)c1sc(C2=CC[C@@H](NC)CC2)nc1C. The third-order valence-electron chi connectivity index (χ3n) is 3.15. The lowest BCUT2D eigenvalue weighted by Gasteiger charge is -2.20. The molecule has 0 fully saturated rings. The molecule has 1 atom stereocenters. The lowest BCUT2D eigenvalue weighted by Crippen LogP contribution is -2.26. The summed E-state index contributed by atoms with van der Waals surface area (Å²) in [5, 5.41) is 13.8. The van der Waals surface area contributed by atoms with Gasteiger partial charge in [0.1, 0.15) is 10.8 Å². The zero-order chi connectivity index (χ0) is 12.4. The Morgan fingerprint density at radius 2 is 2.41 bits per heavy atom. The van der Waals surface area contributed by atoms with Gasteiger partial charge in [0.15, 0.2) is 0 Å². The molecular weight excluding hydrogens is 232 g/mol. The zero-order valence-corrected chi connectivity index (χ0v) is 11.1. The molecular formula is C13H18N2OS. The van der Waals surface area contributed by atoms with Crippen LogP contribution in [0, 0.1) is 6.92 Å². The molecule has 0 bridgehead atoms. The summed E-state index contributed by atoms with van der Waals surface area (Å²) in [6.45, 7) is 5.48. The summed E-state index contributed by atoms with van der Waals surface area (Å²) in [6.07, 6.45) is 5.51. The first kappa shape index (κ1) is 12.3. The smallest absolute Gasteiger partial charge is 0.127 e. The fourth-order valence-electron chi connectivity index (χ4n) is 2.09. The van der Waals surface area contributed by atoms with Gasteiger partial charge < -0.3 is 10.4 Å². The van der Waals surface area contributed by atoms with Gasteiger partial charge in [-0.15, -0.1) is 11.3 Å². The molecule has 2 rings (SSSR count). The molecule has 1 heterocycles. The van der Waals surface area contributed by atoms with Crippen molar-refractivity contribution in [3.8, 4) is 0 Å². The second-order valence-electron chi connectivity index (χ2n) is 4.37. The van der Waals surface area contributed by atoms with E-state index in [9.17, 15) is 5.11 Å². The average molecular weight is 250 g/mol. The standard InChI is InChI=1S/C13H18N2OS/c1-8-12(9(2)16)17-13(15-8)10-4-6-11(14-3)7-5-10/h4,11,14,16H,2,5-7H2,1,3H3/t11-/m1/s1. The molecule has 0 unspecified atom stereocenters. The number of hydrogen-bond acceptors (Lipinski definition) is 4. The van der Waals surface area contributed by atoms with Crippen LogP contribution in [0.2, 0.25) is 0 Å². The van der Waals surface area contributed by atoms with E-state index in [0.29, 0.717) is 6.04 Å². The van der Waals surface area contributed by atoms with Crippen molar-refractivity contribution in [2.24, 2.45) is 0 Å². The highest BCUT2D eigenvalue weighted by Crippen LogP contribution is 2.33. The van der Waals surface area contributed by atoms with Crippen molar-refractivity contribution in [2.45, 2.75) is 32.2 Å². The number of aliphatic hydroxyl groups is 1. The monoisotopic (exact) mass is 250 g/mol. The molecule has 92 valence electrons. The summed E-state index contributed by atoms with van der Waals surface area (Å²) in [7, 11) is 2.00. The van der Waals surface area contributed by atoms with E-state index in [1.165, 1.54) is 16.9 Å². The van der Waals surface area contributed by atoms with Gasteiger partial charge in [-0.3, -0.25) is 0 Å². The third-order valence-corrected chi connectivity index (χ3v) is 4.43. The molecule has 4 heteroatoms. The summed E-state index contributed by atoms with van der Waals surface area (Å²) in [4.78, 5) is 5.32. The van der Waals surface area contributed by atoms with Gasteiger partial charge in [-0.1, -0.05) is 12.7 Å². The van der Waals surface area contributed by atoms with Crippen molar-refractivity contribution in [2.75, 3.05) is 7.05 Å². The van der Waals surface area contributed by atoms with Crippen molar-refractivity contribution < 1.29 is 5.11 Å². The van der Waals surface area contributed by atoms with Crippen LogP contribution < -0.4 is 5.32 Å². The Morgan fingerprint density at radius 1 is 1.65 bits per heavy atom. The van der Waals surface area contributed by atoms with E-state index in [1.54, 1.807) is 0 Å². The first-order valence-corrected chi connectivity index (χ1v) is 6.65. The van der Waals surface area contributed by atoms with Crippen molar-refractivity contribution in [1.82, 2.24) is 10.3 Å². The van der Waals surface area contributed by atoms with Crippen LogP contribution in [0.4, 0.5) is 0 Å². The maximum absolute atomic E-state index is 9.44. The van der Waals surface area contributed by atoms with Crippen LogP contribution in [-0.2, 0) is 0 Å². The molecule has 0 saturated heterocycles. The highest BCUT2D eigenvalue weighted by molar-refractivity contribution is 7.13. The first-order chi connectivity index (χ1) is 8.11. The van der Waals surface area contributed by atoms with E-state index in [1.807, 2.05) is 14.0 Å².